The fourth-order valence-corrected chi connectivity index (χ4v) is 3.39. The lowest BCUT2D eigenvalue weighted by Crippen LogP contribution is -2.25. The number of imidazole rings is 1. The summed E-state index contributed by atoms with van der Waals surface area (Å²) in [5.41, 5.74) is 3.75. The highest BCUT2D eigenvalue weighted by Gasteiger charge is 2.10. The number of nitrogens with zero attached hydrogens (tertiary/aromatic N) is 2. The molecule has 0 bridgehead atoms. The van der Waals surface area contributed by atoms with Crippen LogP contribution < -0.4 is 10.4 Å². The number of hydrogen-bond acceptors (Lipinski definition) is 2. The molecule has 0 unspecified atom stereocenters. The van der Waals surface area contributed by atoms with Crippen molar-refractivity contribution >= 4 is 11.0 Å². The van der Waals surface area contributed by atoms with Gasteiger partial charge >= 0.3 is 0 Å². The Morgan fingerprint density at radius 3 is 2.14 bits per heavy atom. The number of para-hydroxylation sites is 2. The maximum Gasteiger partial charge on any atom is 0.203 e. The van der Waals surface area contributed by atoms with Gasteiger partial charge in [0.15, 0.2) is 0 Å². The SMILES string of the molecule is N=c1n(CCCOc2ccc(F)cc2)c2ccccc2n1Cc1ccccc1. The number of fused-ring (bicyclic) bond motifs is 1. The van der Waals surface area contributed by atoms with Crippen LogP contribution in [0.3, 0.4) is 0 Å². The fraction of sp³-hybridized carbons (Fsp3) is 0.174. The van der Waals surface area contributed by atoms with Crippen molar-refractivity contribution in [1.82, 2.24) is 9.13 Å². The molecule has 5 heteroatoms. The molecule has 0 saturated heterocycles. The maximum absolute atomic E-state index is 13.0. The van der Waals surface area contributed by atoms with Crippen LogP contribution in [-0.2, 0) is 13.1 Å². The third-order valence-electron chi connectivity index (χ3n) is 4.77. The summed E-state index contributed by atoms with van der Waals surface area (Å²) in [6, 6.07) is 24.4. The third-order valence-corrected chi connectivity index (χ3v) is 4.77. The minimum Gasteiger partial charge on any atom is -0.494 e. The molecule has 0 amide bonds. The molecule has 142 valence electrons. The van der Waals surface area contributed by atoms with Crippen molar-refractivity contribution in [2.24, 2.45) is 0 Å². The van der Waals surface area contributed by atoms with E-state index in [1.165, 1.54) is 17.7 Å². The summed E-state index contributed by atoms with van der Waals surface area (Å²) in [5.74, 6) is 0.386. The second kappa shape index (κ2) is 8.13. The smallest absolute Gasteiger partial charge is 0.203 e. The first kappa shape index (κ1) is 18.0. The Balaban J connectivity index is 1.51. The van der Waals surface area contributed by atoms with E-state index < -0.39 is 0 Å². The summed E-state index contributed by atoms with van der Waals surface area (Å²) >= 11 is 0. The van der Waals surface area contributed by atoms with Gasteiger partial charge in [-0.2, -0.15) is 0 Å². The van der Waals surface area contributed by atoms with Gasteiger partial charge in [0.1, 0.15) is 11.6 Å². The number of nitrogens with one attached hydrogen (secondary N) is 1. The van der Waals surface area contributed by atoms with Gasteiger partial charge in [0.05, 0.1) is 24.2 Å². The van der Waals surface area contributed by atoms with Crippen LogP contribution >= 0.6 is 0 Å². The summed E-state index contributed by atoms with van der Waals surface area (Å²) in [5, 5.41) is 8.69. The number of benzene rings is 3. The second-order valence-electron chi connectivity index (χ2n) is 6.69. The number of aromatic nitrogens is 2. The summed E-state index contributed by atoms with van der Waals surface area (Å²) in [7, 11) is 0. The van der Waals surface area contributed by atoms with Gasteiger partial charge in [-0.3, -0.25) is 5.41 Å². The number of aryl methyl sites for hydroxylation is 1. The van der Waals surface area contributed by atoms with E-state index in [1.54, 1.807) is 12.1 Å². The van der Waals surface area contributed by atoms with Crippen molar-refractivity contribution in [2.45, 2.75) is 19.5 Å². The molecule has 4 rings (SSSR count). The molecule has 1 N–H and O–H groups in total. The number of rotatable bonds is 7. The first-order chi connectivity index (χ1) is 13.7. The van der Waals surface area contributed by atoms with E-state index in [4.69, 9.17) is 10.1 Å². The Bertz CT molecular complexity index is 1110. The standard InChI is InChI=1S/C23H22FN3O/c24-19-11-13-20(14-12-19)28-16-6-15-26-21-9-4-5-10-22(21)27(23(26)25)17-18-7-2-1-3-8-18/h1-5,7-14,25H,6,15-17H2. The van der Waals surface area contributed by atoms with Crippen molar-refractivity contribution < 1.29 is 9.13 Å². The van der Waals surface area contributed by atoms with Gasteiger partial charge in [0.2, 0.25) is 5.62 Å². The Morgan fingerprint density at radius 1 is 0.786 bits per heavy atom. The van der Waals surface area contributed by atoms with E-state index in [0.717, 1.165) is 17.5 Å². The molecule has 0 aliphatic rings. The molecule has 1 aromatic heterocycles. The molecule has 0 saturated carbocycles. The molecule has 0 aliphatic carbocycles. The number of ether oxygens (including phenoxy) is 1. The van der Waals surface area contributed by atoms with Crippen LogP contribution in [0.2, 0.25) is 0 Å². The highest BCUT2D eigenvalue weighted by molar-refractivity contribution is 5.76. The van der Waals surface area contributed by atoms with Crippen molar-refractivity contribution in [2.75, 3.05) is 6.61 Å². The van der Waals surface area contributed by atoms with Gasteiger partial charge < -0.3 is 13.9 Å². The van der Waals surface area contributed by atoms with Gasteiger partial charge in [-0.15, -0.1) is 0 Å². The van der Waals surface area contributed by atoms with Crippen LogP contribution in [0.4, 0.5) is 4.39 Å². The van der Waals surface area contributed by atoms with Crippen LogP contribution in [0.5, 0.6) is 5.75 Å². The van der Waals surface area contributed by atoms with Crippen molar-refractivity contribution in [3.8, 4) is 5.75 Å². The maximum atomic E-state index is 13.0. The van der Waals surface area contributed by atoms with E-state index in [-0.39, 0.29) is 5.82 Å². The zero-order chi connectivity index (χ0) is 19.3. The lowest BCUT2D eigenvalue weighted by molar-refractivity contribution is 0.300. The van der Waals surface area contributed by atoms with Crippen molar-refractivity contribution in [1.29, 1.82) is 5.41 Å². The summed E-state index contributed by atoms with van der Waals surface area (Å²) in [4.78, 5) is 0. The second-order valence-corrected chi connectivity index (χ2v) is 6.69. The van der Waals surface area contributed by atoms with Gasteiger partial charge in [-0.05, 0) is 48.4 Å². The van der Waals surface area contributed by atoms with Crippen molar-refractivity contribution in [3.05, 3.63) is 95.9 Å². The third kappa shape index (κ3) is 3.83. The quantitative estimate of drug-likeness (QED) is 0.472. The molecule has 0 spiro atoms. The molecule has 0 atom stereocenters. The largest absolute Gasteiger partial charge is 0.494 e. The zero-order valence-corrected chi connectivity index (χ0v) is 15.5. The predicted molar refractivity (Wildman–Crippen MR) is 108 cm³/mol. The van der Waals surface area contributed by atoms with E-state index in [2.05, 4.69) is 24.3 Å². The Labute approximate surface area is 163 Å². The topological polar surface area (TPSA) is 42.9 Å². The number of hydrogen-bond donors (Lipinski definition) is 1. The average molecular weight is 375 g/mol. The van der Waals surface area contributed by atoms with Gasteiger partial charge in [0.25, 0.3) is 0 Å². The molecule has 4 aromatic rings. The summed E-state index contributed by atoms with van der Waals surface area (Å²) in [6.07, 6.45) is 0.757. The van der Waals surface area contributed by atoms with Crippen LogP contribution in [0.1, 0.15) is 12.0 Å². The lowest BCUT2D eigenvalue weighted by atomic mass is 10.2. The van der Waals surface area contributed by atoms with Gasteiger partial charge in [-0.1, -0.05) is 42.5 Å². The minimum atomic E-state index is -0.270. The van der Waals surface area contributed by atoms with Crippen LogP contribution in [0.25, 0.3) is 11.0 Å². The molecule has 3 aromatic carbocycles. The molecule has 4 nitrogen and oxygen atoms in total. The molecular formula is C23H22FN3O. The Kier molecular flexibility index (Phi) is 5.24. The molecular weight excluding hydrogens is 353 g/mol. The molecule has 0 aliphatic heterocycles. The molecule has 28 heavy (non-hydrogen) atoms. The summed E-state index contributed by atoms with van der Waals surface area (Å²) < 4.78 is 22.7. The van der Waals surface area contributed by atoms with E-state index in [9.17, 15) is 4.39 Å². The Morgan fingerprint density at radius 2 is 1.43 bits per heavy atom. The van der Waals surface area contributed by atoms with E-state index in [1.807, 2.05) is 39.5 Å². The Hall–Kier alpha value is -3.34. The molecule has 0 fully saturated rings. The first-order valence-electron chi connectivity index (χ1n) is 9.37. The normalized spacial score (nSPS) is 11.0. The lowest BCUT2D eigenvalue weighted by Gasteiger charge is -2.08. The van der Waals surface area contributed by atoms with Crippen molar-refractivity contribution in [3.63, 3.8) is 0 Å². The first-order valence-corrected chi connectivity index (χ1v) is 9.37. The highest BCUT2D eigenvalue weighted by Crippen LogP contribution is 2.16. The highest BCUT2D eigenvalue weighted by atomic mass is 19.1. The number of halogens is 1. The predicted octanol–water partition coefficient (Wildman–Crippen LogP) is 4.58. The monoisotopic (exact) mass is 375 g/mol. The van der Waals surface area contributed by atoms with Crippen LogP contribution in [0, 0.1) is 11.2 Å². The van der Waals surface area contributed by atoms with Crippen LogP contribution in [-0.4, -0.2) is 15.7 Å². The minimum absolute atomic E-state index is 0.270. The summed E-state index contributed by atoms with van der Waals surface area (Å²) in [6.45, 7) is 1.86. The van der Waals surface area contributed by atoms with Gasteiger partial charge in [-0.25, -0.2) is 4.39 Å². The molecule has 1 heterocycles. The van der Waals surface area contributed by atoms with Crippen LogP contribution in [0.15, 0.2) is 78.9 Å². The average Bonchev–Trinajstić information content (AvgIpc) is 2.99. The zero-order valence-electron chi connectivity index (χ0n) is 15.5. The molecule has 0 radical (unpaired) electrons. The fourth-order valence-electron chi connectivity index (χ4n) is 3.39. The van der Waals surface area contributed by atoms with Gasteiger partial charge in [0, 0.05) is 6.54 Å². The van der Waals surface area contributed by atoms with E-state index >= 15 is 0 Å². The van der Waals surface area contributed by atoms with E-state index in [0.29, 0.717) is 31.1 Å².